The molecule has 0 spiro atoms. The van der Waals surface area contributed by atoms with Crippen molar-refractivity contribution in [3.05, 3.63) is 60.2 Å². The van der Waals surface area contributed by atoms with Crippen LogP contribution in [0.1, 0.15) is 12.0 Å². The minimum absolute atomic E-state index is 0.110. The van der Waals surface area contributed by atoms with Crippen LogP contribution in [0.4, 0.5) is 10.5 Å². The van der Waals surface area contributed by atoms with Crippen molar-refractivity contribution in [2.75, 3.05) is 19.0 Å². The van der Waals surface area contributed by atoms with E-state index in [1.807, 2.05) is 30.3 Å². The summed E-state index contributed by atoms with van der Waals surface area (Å²) in [5, 5.41) is 8.41. The highest BCUT2D eigenvalue weighted by Crippen LogP contribution is 2.24. The van der Waals surface area contributed by atoms with Gasteiger partial charge in [-0.3, -0.25) is 9.59 Å². The highest BCUT2D eigenvalue weighted by Gasteiger charge is 2.48. The number of nitrogens with zero attached hydrogens (tertiary/aromatic N) is 1. The summed E-state index contributed by atoms with van der Waals surface area (Å²) in [6.45, 7) is 0.437. The van der Waals surface area contributed by atoms with Crippen molar-refractivity contribution in [3.8, 4) is 5.75 Å². The van der Waals surface area contributed by atoms with E-state index in [1.165, 1.54) is 0 Å². The van der Waals surface area contributed by atoms with Gasteiger partial charge in [0.2, 0.25) is 11.8 Å². The second-order valence-electron chi connectivity index (χ2n) is 7.45. The Morgan fingerprint density at radius 2 is 1.97 bits per heavy atom. The minimum Gasteiger partial charge on any atom is -0.497 e. The van der Waals surface area contributed by atoms with E-state index in [1.54, 1.807) is 36.3 Å². The molecule has 2 aromatic carbocycles. The number of rotatable bonds is 5. The van der Waals surface area contributed by atoms with E-state index in [0.717, 1.165) is 5.56 Å². The lowest BCUT2D eigenvalue weighted by Crippen LogP contribution is -2.65. The molecule has 0 saturated carbocycles. The molecule has 2 aliphatic rings. The summed E-state index contributed by atoms with van der Waals surface area (Å²) in [5.74, 6) is 0.280. The largest absolute Gasteiger partial charge is 0.497 e. The highest BCUT2D eigenvalue weighted by molar-refractivity contribution is 5.99. The Bertz CT molecular complexity index is 949. The van der Waals surface area contributed by atoms with Crippen LogP contribution in [0.2, 0.25) is 0 Å². The molecule has 3 N–H and O–H groups in total. The third kappa shape index (κ3) is 4.07. The first kappa shape index (κ1) is 19.8. The third-order valence-corrected chi connectivity index (χ3v) is 5.49. The van der Waals surface area contributed by atoms with Gasteiger partial charge in [0.25, 0.3) is 0 Å². The Labute approximate surface area is 174 Å². The molecule has 30 heavy (non-hydrogen) atoms. The number of hydrogen-bond donors (Lipinski definition) is 3. The lowest BCUT2D eigenvalue weighted by molar-refractivity contribution is -0.147. The van der Waals surface area contributed by atoms with E-state index in [0.29, 0.717) is 30.8 Å². The molecule has 4 rings (SSSR count). The van der Waals surface area contributed by atoms with Gasteiger partial charge in [-0.15, -0.1) is 0 Å². The topological polar surface area (TPSA) is 99.8 Å². The molecule has 4 amide bonds. The van der Waals surface area contributed by atoms with E-state index < -0.39 is 24.2 Å². The number of piperazine rings is 1. The van der Waals surface area contributed by atoms with Crippen molar-refractivity contribution in [1.29, 1.82) is 0 Å². The maximum absolute atomic E-state index is 12.9. The van der Waals surface area contributed by atoms with Gasteiger partial charge in [0.1, 0.15) is 17.8 Å². The maximum atomic E-state index is 12.9. The Balaban J connectivity index is 1.39. The van der Waals surface area contributed by atoms with E-state index in [4.69, 9.17) is 4.74 Å². The van der Waals surface area contributed by atoms with Gasteiger partial charge in [0.15, 0.2) is 0 Å². The van der Waals surface area contributed by atoms with Crippen LogP contribution >= 0.6 is 0 Å². The average molecular weight is 408 g/mol. The van der Waals surface area contributed by atoms with Crippen molar-refractivity contribution in [1.82, 2.24) is 15.5 Å². The lowest BCUT2D eigenvalue weighted by atomic mass is 9.99. The summed E-state index contributed by atoms with van der Waals surface area (Å²) in [7, 11) is 1.55. The van der Waals surface area contributed by atoms with Crippen LogP contribution in [0, 0.1) is 0 Å². The zero-order chi connectivity index (χ0) is 21.1. The molecule has 0 aromatic heterocycles. The molecule has 8 heteroatoms. The first-order valence-electron chi connectivity index (χ1n) is 9.91. The van der Waals surface area contributed by atoms with Gasteiger partial charge < -0.3 is 25.6 Å². The first-order valence-corrected chi connectivity index (χ1v) is 9.91. The van der Waals surface area contributed by atoms with Crippen molar-refractivity contribution in [3.63, 3.8) is 0 Å². The number of anilines is 1. The number of ether oxygens (including phenoxy) is 1. The zero-order valence-corrected chi connectivity index (χ0v) is 16.6. The number of benzene rings is 2. The molecule has 2 aromatic rings. The summed E-state index contributed by atoms with van der Waals surface area (Å²) >= 11 is 0. The molecule has 0 unspecified atom stereocenters. The highest BCUT2D eigenvalue weighted by atomic mass is 16.5. The number of fused-ring (bicyclic) bond motifs is 1. The van der Waals surface area contributed by atoms with Crippen LogP contribution in [-0.2, 0) is 16.0 Å². The predicted octanol–water partition coefficient (Wildman–Crippen LogP) is 1.53. The summed E-state index contributed by atoms with van der Waals surface area (Å²) in [4.78, 5) is 39.7. The van der Waals surface area contributed by atoms with Crippen LogP contribution in [0.25, 0.3) is 0 Å². The molecular formula is C22H24N4O4. The van der Waals surface area contributed by atoms with Gasteiger partial charge in [-0.2, -0.15) is 0 Å². The molecule has 2 saturated heterocycles. The van der Waals surface area contributed by atoms with E-state index in [2.05, 4.69) is 16.0 Å². The van der Waals surface area contributed by atoms with Crippen molar-refractivity contribution >= 4 is 23.5 Å². The molecule has 2 aliphatic heterocycles. The zero-order valence-electron chi connectivity index (χ0n) is 16.6. The van der Waals surface area contributed by atoms with Crippen LogP contribution < -0.4 is 20.7 Å². The predicted molar refractivity (Wildman–Crippen MR) is 111 cm³/mol. The number of methoxy groups -OCH3 is 1. The SMILES string of the molecule is COc1cccc(NC(=O)N[C@H]2CCN3C(=O)[C@@H](Cc4ccccc4)NC(=O)[C@H]23)c1. The fourth-order valence-electron chi connectivity index (χ4n) is 4.06. The molecular weight excluding hydrogens is 384 g/mol. The Hall–Kier alpha value is -3.55. The van der Waals surface area contributed by atoms with E-state index in [9.17, 15) is 14.4 Å². The number of amides is 4. The fraction of sp³-hybridized carbons (Fsp3) is 0.318. The first-order chi connectivity index (χ1) is 14.5. The lowest BCUT2D eigenvalue weighted by Gasteiger charge is -2.36. The summed E-state index contributed by atoms with van der Waals surface area (Å²) < 4.78 is 5.15. The fourth-order valence-corrected chi connectivity index (χ4v) is 4.06. The van der Waals surface area contributed by atoms with E-state index >= 15 is 0 Å². The molecule has 2 fully saturated rings. The molecule has 2 heterocycles. The number of urea groups is 1. The summed E-state index contributed by atoms with van der Waals surface area (Å²) in [5.41, 5.74) is 1.56. The van der Waals surface area contributed by atoms with Crippen molar-refractivity contribution in [2.45, 2.75) is 31.0 Å². The van der Waals surface area contributed by atoms with Gasteiger partial charge >= 0.3 is 6.03 Å². The van der Waals surface area contributed by atoms with Gasteiger partial charge in [0, 0.05) is 24.7 Å². The monoisotopic (exact) mass is 408 g/mol. The van der Waals surface area contributed by atoms with Crippen LogP contribution in [0.5, 0.6) is 5.75 Å². The average Bonchev–Trinajstić information content (AvgIpc) is 3.17. The molecule has 156 valence electrons. The smallest absolute Gasteiger partial charge is 0.319 e. The van der Waals surface area contributed by atoms with Crippen LogP contribution in [0.15, 0.2) is 54.6 Å². The maximum Gasteiger partial charge on any atom is 0.319 e. The summed E-state index contributed by atoms with van der Waals surface area (Å²) in [6, 6.07) is 14.4. The molecule has 0 radical (unpaired) electrons. The van der Waals surface area contributed by atoms with Crippen molar-refractivity contribution in [2.24, 2.45) is 0 Å². The number of carbonyl (C=O) groups excluding carboxylic acids is 3. The number of nitrogens with one attached hydrogen (secondary N) is 3. The Kier molecular flexibility index (Phi) is 5.56. The summed E-state index contributed by atoms with van der Waals surface area (Å²) in [6.07, 6.45) is 0.969. The second-order valence-corrected chi connectivity index (χ2v) is 7.45. The van der Waals surface area contributed by atoms with Gasteiger partial charge in [0.05, 0.1) is 13.2 Å². The minimum atomic E-state index is -0.694. The van der Waals surface area contributed by atoms with Gasteiger partial charge in [-0.05, 0) is 24.1 Å². The quantitative estimate of drug-likeness (QED) is 0.699. The second kappa shape index (κ2) is 8.44. The Morgan fingerprint density at radius 3 is 2.73 bits per heavy atom. The molecule has 8 nitrogen and oxygen atoms in total. The normalized spacial score (nSPS) is 22.8. The number of hydrogen-bond acceptors (Lipinski definition) is 4. The van der Waals surface area contributed by atoms with Gasteiger partial charge in [-0.25, -0.2) is 4.79 Å². The van der Waals surface area contributed by atoms with Gasteiger partial charge in [-0.1, -0.05) is 36.4 Å². The molecule has 0 aliphatic carbocycles. The standard InChI is InChI=1S/C22H24N4O4/c1-30-16-9-5-8-15(13-16)23-22(29)25-17-10-11-26-19(17)20(27)24-18(21(26)28)12-14-6-3-2-4-7-14/h2-9,13,17-19H,10-12H2,1H3,(H,24,27)(H2,23,25,29)/t17-,18+,19-/m0/s1. The Morgan fingerprint density at radius 1 is 1.17 bits per heavy atom. The van der Waals surface area contributed by atoms with Crippen LogP contribution in [-0.4, -0.2) is 54.5 Å². The van der Waals surface area contributed by atoms with Crippen molar-refractivity contribution < 1.29 is 19.1 Å². The van der Waals surface area contributed by atoms with Crippen LogP contribution in [0.3, 0.4) is 0 Å². The molecule has 3 atom stereocenters. The third-order valence-electron chi connectivity index (χ3n) is 5.49. The number of carbonyl (C=O) groups is 3. The van der Waals surface area contributed by atoms with E-state index in [-0.39, 0.29) is 11.8 Å². The molecule has 0 bridgehead atoms.